The Bertz CT molecular complexity index is 865. The summed E-state index contributed by atoms with van der Waals surface area (Å²) in [7, 11) is 1.55. The molecule has 0 aliphatic heterocycles. The molecule has 2 aromatic heterocycles. The van der Waals surface area contributed by atoms with Gasteiger partial charge in [0.2, 0.25) is 0 Å². The number of fused-ring (bicyclic) bond motifs is 1. The molecule has 0 aliphatic rings. The second-order valence-corrected chi connectivity index (χ2v) is 5.46. The molecule has 2 heterocycles. The van der Waals surface area contributed by atoms with Gasteiger partial charge in [-0.05, 0) is 24.5 Å². The van der Waals surface area contributed by atoms with Gasteiger partial charge in [0, 0.05) is 5.56 Å². The molecule has 0 fully saturated rings. The van der Waals surface area contributed by atoms with Crippen LogP contribution in [0.2, 0.25) is 5.15 Å². The van der Waals surface area contributed by atoms with Gasteiger partial charge in [-0.1, -0.05) is 29.4 Å². The Labute approximate surface area is 135 Å². The average molecular weight is 335 g/mol. The number of thioether (sulfide) groups is 1. The monoisotopic (exact) mass is 334 g/mol. The Kier molecular flexibility index (Phi) is 4.00. The fourth-order valence-corrected chi connectivity index (χ4v) is 2.60. The Morgan fingerprint density at radius 1 is 1.36 bits per heavy atom. The van der Waals surface area contributed by atoms with E-state index in [1.165, 1.54) is 22.6 Å². The summed E-state index contributed by atoms with van der Waals surface area (Å²) in [6.07, 6.45) is 3.32. The van der Waals surface area contributed by atoms with Crippen molar-refractivity contribution in [2.24, 2.45) is 0 Å². The SMILES string of the molecule is COc1cccc(C(=O)n2ncc3c(Cl)nc(SC)nc32)c1. The zero-order chi connectivity index (χ0) is 15.7. The molecule has 0 atom stereocenters. The summed E-state index contributed by atoms with van der Waals surface area (Å²) in [4.78, 5) is 21.1. The third-order valence-electron chi connectivity index (χ3n) is 3.05. The maximum absolute atomic E-state index is 12.6. The highest BCUT2D eigenvalue weighted by molar-refractivity contribution is 7.98. The largest absolute Gasteiger partial charge is 0.497 e. The molecule has 112 valence electrons. The predicted octanol–water partition coefficient (Wildman–Crippen LogP) is 2.90. The van der Waals surface area contributed by atoms with Crippen LogP contribution in [0.15, 0.2) is 35.6 Å². The van der Waals surface area contributed by atoms with E-state index in [1.807, 2.05) is 6.26 Å². The Morgan fingerprint density at radius 2 is 2.18 bits per heavy atom. The lowest BCUT2D eigenvalue weighted by atomic mass is 10.2. The number of aromatic nitrogens is 4. The minimum Gasteiger partial charge on any atom is -0.497 e. The molecule has 0 amide bonds. The standard InChI is InChI=1S/C14H11ClN4O2S/c1-21-9-5-3-4-8(6-9)13(20)19-12-10(7-16-19)11(15)17-14(18-12)22-2/h3-7H,1-2H3. The van der Waals surface area contributed by atoms with Crippen molar-refractivity contribution in [2.75, 3.05) is 13.4 Å². The van der Waals surface area contributed by atoms with E-state index in [-0.39, 0.29) is 11.1 Å². The summed E-state index contributed by atoms with van der Waals surface area (Å²) < 4.78 is 6.35. The number of hydrogen-bond donors (Lipinski definition) is 0. The number of methoxy groups -OCH3 is 1. The number of nitrogens with zero attached hydrogens (tertiary/aromatic N) is 4. The van der Waals surface area contributed by atoms with Crippen LogP contribution in [0.5, 0.6) is 5.75 Å². The van der Waals surface area contributed by atoms with Crippen molar-refractivity contribution >= 4 is 40.3 Å². The smallest absolute Gasteiger partial charge is 0.280 e. The van der Waals surface area contributed by atoms with Crippen LogP contribution >= 0.6 is 23.4 Å². The van der Waals surface area contributed by atoms with Crippen molar-refractivity contribution in [3.05, 3.63) is 41.2 Å². The molecule has 6 nitrogen and oxygen atoms in total. The lowest BCUT2D eigenvalue weighted by molar-refractivity contribution is 0.0949. The van der Waals surface area contributed by atoms with Gasteiger partial charge in [0.05, 0.1) is 18.7 Å². The molecular formula is C14H11ClN4O2S. The van der Waals surface area contributed by atoms with Crippen molar-refractivity contribution in [2.45, 2.75) is 5.16 Å². The van der Waals surface area contributed by atoms with Crippen LogP contribution in [0.4, 0.5) is 0 Å². The minimum atomic E-state index is -0.310. The van der Waals surface area contributed by atoms with E-state index >= 15 is 0 Å². The van der Waals surface area contributed by atoms with Gasteiger partial charge in [0.15, 0.2) is 10.8 Å². The van der Waals surface area contributed by atoms with Crippen LogP contribution in [0.3, 0.4) is 0 Å². The summed E-state index contributed by atoms with van der Waals surface area (Å²) in [6.45, 7) is 0. The van der Waals surface area contributed by atoms with Crippen molar-refractivity contribution in [3.63, 3.8) is 0 Å². The van der Waals surface area contributed by atoms with Gasteiger partial charge < -0.3 is 4.74 Å². The van der Waals surface area contributed by atoms with Crippen LogP contribution < -0.4 is 4.74 Å². The van der Waals surface area contributed by atoms with Gasteiger partial charge in [0.25, 0.3) is 5.91 Å². The molecule has 0 aliphatic carbocycles. The highest BCUT2D eigenvalue weighted by atomic mass is 35.5. The molecular weight excluding hydrogens is 324 g/mol. The molecule has 0 saturated heterocycles. The summed E-state index contributed by atoms with van der Waals surface area (Å²) in [5.74, 6) is 0.287. The van der Waals surface area contributed by atoms with E-state index in [4.69, 9.17) is 16.3 Å². The van der Waals surface area contributed by atoms with Crippen LogP contribution in [0, 0.1) is 0 Å². The van der Waals surface area contributed by atoms with Gasteiger partial charge in [-0.15, -0.1) is 0 Å². The Hall–Kier alpha value is -2.12. The van der Waals surface area contributed by atoms with Crippen molar-refractivity contribution in [3.8, 4) is 5.75 Å². The van der Waals surface area contributed by atoms with E-state index in [1.54, 1.807) is 31.4 Å². The van der Waals surface area contributed by atoms with Crippen molar-refractivity contribution in [1.82, 2.24) is 19.7 Å². The molecule has 0 bridgehead atoms. The van der Waals surface area contributed by atoms with Crippen LogP contribution in [-0.2, 0) is 0 Å². The van der Waals surface area contributed by atoms with E-state index in [2.05, 4.69) is 15.1 Å². The van der Waals surface area contributed by atoms with Gasteiger partial charge in [-0.25, -0.2) is 9.97 Å². The zero-order valence-electron chi connectivity index (χ0n) is 11.8. The maximum atomic E-state index is 12.6. The molecule has 8 heteroatoms. The molecule has 1 aromatic carbocycles. The molecule has 22 heavy (non-hydrogen) atoms. The topological polar surface area (TPSA) is 69.9 Å². The summed E-state index contributed by atoms with van der Waals surface area (Å²) >= 11 is 7.45. The fraction of sp³-hybridized carbons (Fsp3) is 0.143. The number of ether oxygens (including phenoxy) is 1. The number of hydrogen-bond acceptors (Lipinski definition) is 6. The normalized spacial score (nSPS) is 10.9. The number of carbonyl (C=O) groups is 1. The second kappa shape index (κ2) is 5.94. The first-order chi connectivity index (χ1) is 10.6. The first-order valence-electron chi connectivity index (χ1n) is 6.28. The van der Waals surface area contributed by atoms with Crippen LogP contribution in [-0.4, -0.2) is 39.0 Å². The fourth-order valence-electron chi connectivity index (χ4n) is 1.97. The van der Waals surface area contributed by atoms with Crippen LogP contribution in [0.25, 0.3) is 11.0 Å². The maximum Gasteiger partial charge on any atom is 0.280 e. The minimum absolute atomic E-state index is 0.277. The first-order valence-corrected chi connectivity index (χ1v) is 7.88. The summed E-state index contributed by atoms with van der Waals surface area (Å²) in [6, 6.07) is 6.85. The predicted molar refractivity (Wildman–Crippen MR) is 84.8 cm³/mol. The van der Waals surface area contributed by atoms with E-state index in [0.29, 0.717) is 27.5 Å². The van der Waals surface area contributed by atoms with E-state index in [9.17, 15) is 4.79 Å². The summed E-state index contributed by atoms with van der Waals surface area (Å²) in [5, 5.41) is 5.39. The van der Waals surface area contributed by atoms with Gasteiger partial charge >= 0.3 is 0 Å². The van der Waals surface area contributed by atoms with Crippen molar-refractivity contribution in [1.29, 1.82) is 0 Å². The number of carbonyl (C=O) groups excluding carboxylic acids is 1. The highest BCUT2D eigenvalue weighted by Crippen LogP contribution is 2.24. The molecule has 3 aromatic rings. The third-order valence-corrected chi connectivity index (χ3v) is 3.89. The lowest BCUT2D eigenvalue weighted by Crippen LogP contribution is -2.14. The first kappa shape index (κ1) is 14.8. The average Bonchev–Trinajstić information content (AvgIpc) is 2.98. The number of halogens is 1. The van der Waals surface area contributed by atoms with Gasteiger partial charge in [-0.2, -0.15) is 9.78 Å². The third kappa shape index (κ3) is 2.53. The molecule has 0 spiro atoms. The molecule has 0 unspecified atom stereocenters. The number of benzene rings is 1. The Balaban J connectivity index is 2.13. The Morgan fingerprint density at radius 3 is 2.91 bits per heavy atom. The van der Waals surface area contributed by atoms with E-state index in [0.717, 1.165) is 0 Å². The van der Waals surface area contributed by atoms with Crippen molar-refractivity contribution < 1.29 is 9.53 Å². The van der Waals surface area contributed by atoms with Gasteiger partial charge in [0.1, 0.15) is 10.9 Å². The quantitative estimate of drug-likeness (QED) is 0.417. The second-order valence-electron chi connectivity index (χ2n) is 4.33. The highest BCUT2D eigenvalue weighted by Gasteiger charge is 2.17. The summed E-state index contributed by atoms with van der Waals surface area (Å²) in [5.41, 5.74) is 0.835. The molecule has 0 saturated carbocycles. The zero-order valence-corrected chi connectivity index (χ0v) is 13.4. The number of rotatable bonds is 3. The van der Waals surface area contributed by atoms with Crippen LogP contribution in [0.1, 0.15) is 10.4 Å². The lowest BCUT2D eigenvalue weighted by Gasteiger charge is -2.05. The molecule has 3 rings (SSSR count). The van der Waals surface area contributed by atoms with E-state index < -0.39 is 0 Å². The molecule has 0 radical (unpaired) electrons. The molecule has 0 N–H and O–H groups in total. The van der Waals surface area contributed by atoms with Gasteiger partial charge in [-0.3, -0.25) is 4.79 Å².